The van der Waals surface area contributed by atoms with Gasteiger partial charge >= 0.3 is 0 Å². The summed E-state index contributed by atoms with van der Waals surface area (Å²) in [6, 6.07) is 6.06. The van der Waals surface area contributed by atoms with Crippen molar-refractivity contribution in [3.8, 4) is 0 Å². The van der Waals surface area contributed by atoms with E-state index in [1.54, 1.807) is 7.05 Å². The fourth-order valence-corrected chi connectivity index (χ4v) is 5.61. The molecule has 8 heteroatoms. The van der Waals surface area contributed by atoms with Crippen molar-refractivity contribution in [2.24, 2.45) is 7.05 Å². The molecule has 0 spiro atoms. The van der Waals surface area contributed by atoms with E-state index in [1.807, 2.05) is 30.8 Å². The number of amides is 1. The van der Waals surface area contributed by atoms with Crippen LogP contribution in [0, 0.1) is 13.8 Å². The molecular weight excluding hydrogens is 404 g/mol. The van der Waals surface area contributed by atoms with Crippen LogP contribution in [0.1, 0.15) is 26.4 Å². The molecule has 29 heavy (non-hydrogen) atoms. The van der Waals surface area contributed by atoms with Crippen molar-refractivity contribution in [2.45, 2.75) is 20.4 Å². The molecule has 1 aliphatic heterocycles. The second-order valence-corrected chi connectivity index (χ2v) is 9.55. The van der Waals surface area contributed by atoms with Crippen LogP contribution >= 0.6 is 23.1 Å². The van der Waals surface area contributed by atoms with Gasteiger partial charge in [-0.2, -0.15) is 11.8 Å². The van der Waals surface area contributed by atoms with Crippen LogP contribution in [0.3, 0.4) is 0 Å². The second kappa shape index (κ2) is 8.30. The lowest BCUT2D eigenvalue weighted by Gasteiger charge is -2.27. The Kier molecular flexibility index (Phi) is 5.76. The van der Waals surface area contributed by atoms with E-state index >= 15 is 0 Å². The lowest BCUT2D eigenvalue weighted by atomic mass is 10.1. The molecular formula is C21H24N4O2S2. The van der Waals surface area contributed by atoms with Gasteiger partial charge in [-0.05, 0) is 36.6 Å². The van der Waals surface area contributed by atoms with Gasteiger partial charge < -0.3 is 9.88 Å². The van der Waals surface area contributed by atoms with Gasteiger partial charge in [0, 0.05) is 43.9 Å². The minimum Gasteiger partial charge on any atom is -0.321 e. The van der Waals surface area contributed by atoms with E-state index in [2.05, 4.69) is 28.2 Å². The molecule has 0 radical (unpaired) electrons. The first kappa shape index (κ1) is 20.1. The fourth-order valence-electron chi connectivity index (χ4n) is 3.59. The molecule has 152 valence electrons. The number of rotatable bonds is 4. The molecule has 1 aliphatic rings. The minimum atomic E-state index is -0.192. The van der Waals surface area contributed by atoms with Gasteiger partial charge in [0.05, 0.1) is 16.6 Å². The zero-order chi connectivity index (χ0) is 20.5. The molecule has 1 fully saturated rings. The molecule has 3 aromatic rings. The molecule has 1 amide bonds. The summed E-state index contributed by atoms with van der Waals surface area (Å²) in [5, 5.41) is 3.58. The van der Waals surface area contributed by atoms with Crippen LogP contribution in [0.15, 0.2) is 29.3 Å². The van der Waals surface area contributed by atoms with Gasteiger partial charge in [0.1, 0.15) is 4.83 Å². The number of anilines is 1. The Morgan fingerprint density at radius 2 is 1.97 bits per heavy atom. The number of nitrogens with zero attached hydrogens (tertiary/aromatic N) is 3. The van der Waals surface area contributed by atoms with Crippen molar-refractivity contribution < 1.29 is 4.79 Å². The quantitative estimate of drug-likeness (QED) is 0.690. The average Bonchev–Trinajstić information content (AvgIpc) is 3.06. The van der Waals surface area contributed by atoms with Crippen LogP contribution in [0.4, 0.5) is 5.69 Å². The summed E-state index contributed by atoms with van der Waals surface area (Å²) in [6.45, 7) is 6.97. The Labute approximate surface area is 177 Å². The van der Waals surface area contributed by atoms with E-state index in [4.69, 9.17) is 0 Å². The lowest BCUT2D eigenvalue weighted by Crippen LogP contribution is -2.32. The van der Waals surface area contributed by atoms with Crippen LogP contribution in [0.25, 0.3) is 10.2 Å². The van der Waals surface area contributed by atoms with Crippen LogP contribution < -0.4 is 10.9 Å². The van der Waals surface area contributed by atoms with Gasteiger partial charge in [-0.15, -0.1) is 11.3 Å². The Balaban J connectivity index is 1.59. The average molecular weight is 429 g/mol. The zero-order valence-corrected chi connectivity index (χ0v) is 18.5. The van der Waals surface area contributed by atoms with Gasteiger partial charge in [0.2, 0.25) is 0 Å². The highest BCUT2D eigenvalue weighted by atomic mass is 32.2. The van der Waals surface area contributed by atoms with Gasteiger partial charge in [0.25, 0.3) is 11.5 Å². The Morgan fingerprint density at radius 3 is 2.72 bits per heavy atom. The first-order valence-corrected chi connectivity index (χ1v) is 11.6. The largest absolute Gasteiger partial charge is 0.321 e. The molecule has 1 N–H and O–H groups in total. The number of carbonyl (C=O) groups excluding carboxylic acids is 1. The predicted molar refractivity (Wildman–Crippen MR) is 121 cm³/mol. The van der Waals surface area contributed by atoms with Crippen molar-refractivity contribution >= 4 is 44.9 Å². The highest BCUT2D eigenvalue weighted by Gasteiger charge is 2.20. The molecule has 1 saturated heterocycles. The van der Waals surface area contributed by atoms with E-state index in [1.165, 1.54) is 39.3 Å². The minimum absolute atomic E-state index is 0.124. The summed E-state index contributed by atoms with van der Waals surface area (Å²) in [4.78, 5) is 33.3. The number of thiophene rings is 1. The Hall–Kier alpha value is -2.16. The van der Waals surface area contributed by atoms with E-state index in [9.17, 15) is 9.59 Å². The number of fused-ring (bicyclic) bond motifs is 1. The van der Waals surface area contributed by atoms with E-state index in [-0.39, 0.29) is 11.5 Å². The number of benzene rings is 1. The Bertz CT molecular complexity index is 1130. The van der Waals surface area contributed by atoms with Crippen LogP contribution in [0.5, 0.6) is 0 Å². The summed E-state index contributed by atoms with van der Waals surface area (Å²) >= 11 is 3.27. The number of hydrogen-bond acceptors (Lipinski definition) is 6. The molecule has 2 aromatic heterocycles. The topological polar surface area (TPSA) is 67.2 Å². The third-order valence-electron chi connectivity index (χ3n) is 5.41. The van der Waals surface area contributed by atoms with Crippen molar-refractivity contribution in [1.29, 1.82) is 0 Å². The molecule has 3 heterocycles. The maximum atomic E-state index is 13.0. The van der Waals surface area contributed by atoms with E-state index in [0.717, 1.165) is 30.9 Å². The molecule has 0 bridgehead atoms. The van der Waals surface area contributed by atoms with Gasteiger partial charge in [-0.25, -0.2) is 4.98 Å². The van der Waals surface area contributed by atoms with E-state index in [0.29, 0.717) is 20.7 Å². The van der Waals surface area contributed by atoms with E-state index < -0.39 is 0 Å². The molecule has 0 aliphatic carbocycles. The van der Waals surface area contributed by atoms with Crippen LogP contribution in [0.2, 0.25) is 0 Å². The molecule has 6 nitrogen and oxygen atoms in total. The molecule has 0 atom stereocenters. The van der Waals surface area contributed by atoms with Crippen molar-refractivity contribution in [2.75, 3.05) is 29.9 Å². The van der Waals surface area contributed by atoms with Crippen molar-refractivity contribution in [3.05, 3.63) is 56.4 Å². The maximum Gasteiger partial charge on any atom is 0.266 e. The molecule has 4 rings (SSSR count). The summed E-state index contributed by atoms with van der Waals surface area (Å²) in [5.74, 6) is 2.16. The van der Waals surface area contributed by atoms with Crippen LogP contribution in [-0.4, -0.2) is 45.0 Å². The lowest BCUT2D eigenvalue weighted by molar-refractivity contribution is 0.103. The second-order valence-electron chi connectivity index (χ2n) is 7.33. The smallest absolute Gasteiger partial charge is 0.266 e. The third kappa shape index (κ3) is 3.97. The normalized spacial score (nSPS) is 15.0. The third-order valence-corrected chi connectivity index (χ3v) is 7.55. The first-order valence-electron chi connectivity index (χ1n) is 9.60. The monoisotopic (exact) mass is 428 g/mol. The Morgan fingerprint density at radius 1 is 1.21 bits per heavy atom. The molecule has 0 unspecified atom stereocenters. The standard InChI is InChI=1S/C21H24N4O2S2/c1-13-15(11-25-7-9-28-10-8-25)5-4-6-16(13)23-19(26)18-14(2)17-20(29-18)22-12-24(3)21(17)27/h4-6,12H,7-11H2,1-3H3,(H,23,26). The first-order chi connectivity index (χ1) is 14.0. The summed E-state index contributed by atoms with van der Waals surface area (Å²) in [7, 11) is 1.67. The number of thioether (sulfide) groups is 1. The number of hydrogen-bond donors (Lipinski definition) is 1. The molecule has 1 aromatic carbocycles. The van der Waals surface area contributed by atoms with Gasteiger partial charge in [-0.1, -0.05) is 12.1 Å². The zero-order valence-electron chi connectivity index (χ0n) is 16.8. The van der Waals surface area contributed by atoms with Crippen molar-refractivity contribution in [1.82, 2.24) is 14.5 Å². The summed E-state index contributed by atoms with van der Waals surface area (Å²) in [6.07, 6.45) is 1.50. The maximum absolute atomic E-state index is 13.0. The number of aromatic nitrogens is 2. The van der Waals surface area contributed by atoms with Gasteiger partial charge in [0.15, 0.2) is 0 Å². The number of nitrogens with one attached hydrogen (secondary N) is 1. The van der Waals surface area contributed by atoms with Crippen molar-refractivity contribution in [3.63, 3.8) is 0 Å². The highest BCUT2D eigenvalue weighted by Crippen LogP contribution is 2.29. The fraction of sp³-hybridized carbons (Fsp3) is 0.381. The molecule has 0 saturated carbocycles. The summed E-state index contributed by atoms with van der Waals surface area (Å²) in [5.41, 5.74) is 3.71. The van der Waals surface area contributed by atoms with Crippen LogP contribution in [-0.2, 0) is 13.6 Å². The number of aryl methyl sites for hydroxylation is 2. The van der Waals surface area contributed by atoms with Gasteiger partial charge in [-0.3, -0.25) is 14.5 Å². The SMILES string of the molecule is Cc1c(CN2CCSCC2)cccc1NC(=O)c1sc2ncn(C)c(=O)c2c1C. The number of carbonyl (C=O) groups is 1. The summed E-state index contributed by atoms with van der Waals surface area (Å²) < 4.78 is 1.44. The predicted octanol–water partition coefficient (Wildman–Crippen LogP) is 3.41. The highest BCUT2D eigenvalue weighted by molar-refractivity contribution is 7.99.